The van der Waals surface area contributed by atoms with Crippen LogP contribution in [0.25, 0.3) is 0 Å². The van der Waals surface area contributed by atoms with Crippen LogP contribution in [-0.2, 0) is 4.79 Å². The average Bonchev–Trinajstić information content (AvgIpc) is 2.56. The Morgan fingerprint density at radius 2 is 2.57 bits per heavy atom. The quantitative estimate of drug-likeness (QED) is 0.773. The molecule has 2 heterocycles. The van der Waals surface area contributed by atoms with Crippen LogP contribution in [0.2, 0.25) is 0 Å². The van der Waals surface area contributed by atoms with Gasteiger partial charge in [-0.1, -0.05) is 0 Å². The van der Waals surface area contributed by atoms with Crippen LogP contribution in [0, 0.1) is 0 Å². The lowest BCUT2D eigenvalue weighted by atomic mass is 10.1. The molecule has 0 saturated carbocycles. The smallest absolute Gasteiger partial charge is 0.222 e. The van der Waals surface area contributed by atoms with Crippen LogP contribution in [-0.4, -0.2) is 23.5 Å². The molecular weight excluding hydrogens is 198 g/mol. The minimum atomic E-state index is 0.136. The second kappa shape index (κ2) is 4.41. The van der Waals surface area contributed by atoms with Crippen LogP contribution in [0.4, 0.5) is 5.13 Å². The molecule has 0 aliphatic carbocycles. The monoisotopic (exact) mass is 211 g/mol. The summed E-state index contributed by atoms with van der Waals surface area (Å²) in [4.78, 5) is 15.4. The summed E-state index contributed by atoms with van der Waals surface area (Å²) in [5.41, 5.74) is 0. The van der Waals surface area contributed by atoms with E-state index in [4.69, 9.17) is 0 Å². The highest BCUT2D eigenvalue weighted by molar-refractivity contribution is 7.13. The maximum absolute atomic E-state index is 11.3. The van der Waals surface area contributed by atoms with Gasteiger partial charge in [-0.15, -0.1) is 11.3 Å². The van der Waals surface area contributed by atoms with Crippen molar-refractivity contribution >= 4 is 22.4 Å². The van der Waals surface area contributed by atoms with Crippen molar-refractivity contribution in [3.05, 3.63) is 11.6 Å². The maximum atomic E-state index is 11.3. The molecule has 2 rings (SSSR count). The summed E-state index contributed by atoms with van der Waals surface area (Å²) in [6, 6.07) is 0.239. The lowest BCUT2D eigenvalue weighted by Gasteiger charge is -2.13. The molecule has 0 spiro atoms. The molecule has 1 aliphatic rings. The van der Waals surface area contributed by atoms with Gasteiger partial charge in [0, 0.05) is 30.6 Å². The summed E-state index contributed by atoms with van der Waals surface area (Å²) in [5.74, 6) is 0.136. The molecule has 1 unspecified atom stereocenters. The van der Waals surface area contributed by atoms with Crippen molar-refractivity contribution < 1.29 is 4.79 Å². The third kappa shape index (κ3) is 2.45. The van der Waals surface area contributed by atoms with Gasteiger partial charge in [-0.3, -0.25) is 4.79 Å². The number of rotatable bonds is 2. The molecule has 1 atom stereocenters. The van der Waals surface area contributed by atoms with Crippen LogP contribution < -0.4 is 10.6 Å². The Morgan fingerprint density at radius 1 is 1.64 bits per heavy atom. The van der Waals surface area contributed by atoms with Crippen molar-refractivity contribution in [2.45, 2.75) is 25.3 Å². The van der Waals surface area contributed by atoms with Crippen molar-refractivity contribution in [2.24, 2.45) is 0 Å². The predicted molar refractivity (Wildman–Crippen MR) is 56.4 cm³/mol. The molecule has 1 aliphatic heterocycles. The van der Waals surface area contributed by atoms with E-state index in [1.807, 2.05) is 5.38 Å². The number of anilines is 1. The SMILES string of the molecule is O=C1CC(Nc2nccs2)CCCN1. The number of hydrogen-bond donors (Lipinski definition) is 2. The first-order valence-corrected chi connectivity index (χ1v) is 5.65. The van der Waals surface area contributed by atoms with E-state index < -0.39 is 0 Å². The summed E-state index contributed by atoms with van der Waals surface area (Å²) in [6.45, 7) is 0.800. The molecule has 76 valence electrons. The number of amides is 1. The van der Waals surface area contributed by atoms with Crippen LogP contribution >= 0.6 is 11.3 Å². The zero-order chi connectivity index (χ0) is 9.80. The summed E-state index contributed by atoms with van der Waals surface area (Å²) in [6.07, 6.45) is 4.39. The highest BCUT2D eigenvalue weighted by Gasteiger charge is 2.17. The number of nitrogens with one attached hydrogen (secondary N) is 2. The fourth-order valence-electron chi connectivity index (χ4n) is 1.57. The first-order valence-electron chi connectivity index (χ1n) is 4.77. The second-order valence-corrected chi connectivity index (χ2v) is 4.27. The fraction of sp³-hybridized carbons (Fsp3) is 0.556. The van der Waals surface area contributed by atoms with Gasteiger partial charge in [0.15, 0.2) is 5.13 Å². The third-order valence-electron chi connectivity index (χ3n) is 2.24. The molecule has 0 aromatic carbocycles. The van der Waals surface area contributed by atoms with Gasteiger partial charge < -0.3 is 10.6 Å². The second-order valence-electron chi connectivity index (χ2n) is 3.37. The topological polar surface area (TPSA) is 54.0 Å². The summed E-state index contributed by atoms with van der Waals surface area (Å²) in [5, 5.41) is 8.97. The summed E-state index contributed by atoms with van der Waals surface area (Å²) < 4.78 is 0. The molecule has 1 aromatic rings. The highest BCUT2D eigenvalue weighted by Crippen LogP contribution is 2.16. The molecule has 1 amide bonds. The molecule has 2 N–H and O–H groups in total. The van der Waals surface area contributed by atoms with Crippen molar-refractivity contribution in [1.29, 1.82) is 0 Å². The van der Waals surface area contributed by atoms with Crippen LogP contribution in [0.5, 0.6) is 0 Å². The molecular formula is C9H13N3OS. The molecule has 14 heavy (non-hydrogen) atoms. The van der Waals surface area contributed by atoms with E-state index in [2.05, 4.69) is 15.6 Å². The summed E-state index contributed by atoms with van der Waals surface area (Å²) >= 11 is 1.57. The number of aromatic nitrogens is 1. The standard InChI is InChI=1S/C9H13N3OS/c13-8-6-7(2-1-3-10-8)12-9-11-4-5-14-9/h4-5,7H,1-3,6H2,(H,10,13)(H,11,12). The molecule has 1 fully saturated rings. The van der Waals surface area contributed by atoms with Crippen molar-refractivity contribution in [2.75, 3.05) is 11.9 Å². The van der Waals surface area contributed by atoms with Gasteiger partial charge in [0.2, 0.25) is 5.91 Å². The van der Waals surface area contributed by atoms with E-state index >= 15 is 0 Å². The Bertz CT molecular complexity index is 299. The molecule has 5 heteroatoms. The van der Waals surface area contributed by atoms with E-state index in [0.717, 1.165) is 24.5 Å². The lowest BCUT2D eigenvalue weighted by molar-refractivity contribution is -0.120. The van der Waals surface area contributed by atoms with E-state index in [-0.39, 0.29) is 11.9 Å². The Hall–Kier alpha value is -1.10. The fourth-order valence-corrected chi connectivity index (χ4v) is 2.17. The van der Waals surface area contributed by atoms with Crippen LogP contribution in [0.1, 0.15) is 19.3 Å². The van der Waals surface area contributed by atoms with Gasteiger partial charge in [-0.2, -0.15) is 0 Å². The van der Waals surface area contributed by atoms with Gasteiger partial charge in [0.1, 0.15) is 0 Å². The molecule has 1 saturated heterocycles. The van der Waals surface area contributed by atoms with Gasteiger partial charge >= 0.3 is 0 Å². The lowest BCUT2D eigenvalue weighted by Crippen LogP contribution is -2.26. The average molecular weight is 211 g/mol. The Labute approximate surface area is 86.7 Å². The zero-order valence-corrected chi connectivity index (χ0v) is 8.64. The van der Waals surface area contributed by atoms with E-state index in [0.29, 0.717) is 6.42 Å². The zero-order valence-electron chi connectivity index (χ0n) is 7.82. The first-order chi connectivity index (χ1) is 6.84. The van der Waals surface area contributed by atoms with Crippen LogP contribution in [0.15, 0.2) is 11.6 Å². The predicted octanol–water partition coefficient (Wildman–Crippen LogP) is 1.22. The van der Waals surface area contributed by atoms with E-state index in [1.54, 1.807) is 17.5 Å². The molecule has 4 nitrogen and oxygen atoms in total. The number of carbonyl (C=O) groups excluding carboxylic acids is 1. The molecule has 0 bridgehead atoms. The first kappa shape index (κ1) is 9.45. The highest BCUT2D eigenvalue weighted by atomic mass is 32.1. The van der Waals surface area contributed by atoms with Gasteiger partial charge in [0.05, 0.1) is 0 Å². The van der Waals surface area contributed by atoms with Crippen molar-refractivity contribution in [3.63, 3.8) is 0 Å². The number of nitrogens with zero attached hydrogens (tertiary/aromatic N) is 1. The van der Waals surface area contributed by atoms with E-state index in [9.17, 15) is 4.79 Å². The Balaban J connectivity index is 1.93. The van der Waals surface area contributed by atoms with E-state index in [1.165, 1.54) is 0 Å². The normalized spacial score (nSPS) is 22.6. The Kier molecular flexibility index (Phi) is 2.98. The molecule has 1 aromatic heterocycles. The van der Waals surface area contributed by atoms with Crippen molar-refractivity contribution in [3.8, 4) is 0 Å². The summed E-state index contributed by atoms with van der Waals surface area (Å²) in [7, 11) is 0. The molecule has 0 radical (unpaired) electrons. The minimum absolute atomic E-state index is 0.136. The number of hydrogen-bond acceptors (Lipinski definition) is 4. The van der Waals surface area contributed by atoms with Crippen LogP contribution in [0.3, 0.4) is 0 Å². The van der Waals surface area contributed by atoms with Gasteiger partial charge in [-0.05, 0) is 12.8 Å². The number of thiazole rings is 1. The van der Waals surface area contributed by atoms with Crippen molar-refractivity contribution in [1.82, 2.24) is 10.3 Å². The van der Waals surface area contributed by atoms with Gasteiger partial charge in [0.25, 0.3) is 0 Å². The number of carbonyl (C=O) groups is 1. The minimum Gasteiger partial charge on any atom is -0.358 e. The third-order valence-corrected chi connectivity index (χ3v) is 2.95. The maximum Gasteiger partial charge on any atom is 0.222 e. The Morgan fingerprint density at radius 3 is 3.36 bits per heavy atom. The largest absolute Gasteiger partial charge is 0.358 e. The van der Waals surface area contributed by atoms with Gasteiger partial charge in [-0.25, -0.2) is 4.98 Å².